The Labute approximate surface area is 146 Å². The van der Waals surface area contributed by atoms with Crippen molar-refractivity contribution in [1.82, 2.24) is 4.57 Å². The fraction of sp³-hybridized carbons (Fsp3) is 0.136. The Morgan fingerprint density at radius 2 is 1.80 bits per heavy atom. The zero-order valence-corrected chi connectivity index (χ0v) is 14.3. The number of fused-ring (bicyclic) bond motifs is 1. The van der Waals surface area contributed by atoms with E-state index in [9.17, 15) is 4.79 Å². The summed E-state index contributed by atoms with van der Waals surface area (Å²) in [5.41, 5.74) is 4.35. The Kier molecular flexibility index (Phi) is 3.77. The van der Waals surface area contributed by atoms with Crippen molar-refractivity contribution in [3.05, 3.63) is 94.0 Å². The van der Waals surface area contributed by atoms with Gasteiger partial charge in [0.2, 0.25) is 0 Å². The molecule has 2 aromatic carbocycles. The molecule has 0 bridgehead atoms. The summed E-state index contributed by atoms with van der Waals surface area (Å²) in [6, 6.07) is 19.8. The Balaban J connectivity index is 1.96. The van der Waals surface area contributed by atoms with E-state index in [1.165, 1.54) is 11.1 Å². The highest BCUT2D eigenvalue weighted by atomic mass is 16.3. The maximum atomic E-state index is 13.1. The minimum absolute atomic E-state index is 0.00414. The Bertz CT molecular complexity index is 1100. The van der Waals surface area contributed by atoms with E-state index in [1.54, 1.807) is 10.8 Å². The standard InChI is InChI=1S/C22H19NO2/c1-15-9-10-18(16(2)12-15)14-23-20(21-8-5-11-25-21)13-17-6-3-4-7-19(17)22(23)24/h3-13H,14H2,1-2H3. The quantitative estimate of drug-likeness (QED) is 0.534. The van der Waals surface area contributed by atoms with Crippen LogP contribution in [0.15, 0.2) is 76.1 Å². The first-order valence-electron chi connectivity index (χ1n) is 8.36. The van der Waals surface area contributed by atoms with Gasteiger partial charge in [-0.2, -0.15) is 0 Å². The molecule has 0 aliphatic carbocycles. The molecule has 4 rings (SSSR count). The maximum absolute atomic E-state index is 13.1. The first-order chi connectivity index (χ1) is 12.1. The fourth-order valence-corrected chi connectivity index (χ4v) is 3.28. The number of hydrogen-bond acceptors (Lipinski definition) is 2. The summed E-state index contributed by atoms with van der Waals surface area (Å²) in [7, 11) is 0. The van der Waals surface area contributed by atoms with Gasteiger partial charge in [0.25, 0.3) is 5.56 Å². The molecule has 0 atom stereocenters. The molecule has 0 aliphatic heterocycles. The van der Waals surface area contributed by atoms with E-state index in [-0.39, 0.29) is 5.56 Å². The number of benzene rings is 2. The third-order valence-corrected chi connectivity index (χ3v) is 4.62. The lowest BCUT2D eigenvalue weighted by atomic mass is 10.0. The summed E-state index contributed by atoms with van der Waals surface area (Å²) in [4.78, 5) is 13.1. The predicted octanol–water partition coefficient (Wildman–Crippen LogP) is 4.93. The van der Waals surface area contributed by atoms with Crippen molar-refractivity contribution >= 4 is 10.8 Å². The second-order valence-electron chi connectivity index (χ2n) is 6.42. The van der Waals surface area contributed by atoms with Crippen LogP contribution in [-0.4, -0.2) is 4.57 Å². The summed E-state index contributed by atoms with van der Waals surface area (Å²) >= 11 is 0. The molecule has 124 valence electrons. The molecule has 0 fully saturated rings. The molecular formula is C22H19NO2. The maximum Gasteiger partial charge on any atom is 0.259 e. The first kappa shape index (κ1) is 15.5. The number of rotatable bonds is 3. The zero-order valence-electron chi connectivity index (χ0n) is 14.3. The molecular weight excluding hydrogens is 310 g/mol. The SMILES string of the molecule is Cc1ccc(Cn2c(-c3ccco3)cc3ccccc3c2=O)c(C)c1. The van der Waals surface area contributed by atoms with Crippen molar-refractivity contribution in [1.29, 1.82) is 0 Å². The fourth-order valence-electron chi connectivity index (χ4n) is 3.28. The number of hydrogen-bond donors (Lipinski definition) is 0. The minimum atomic E-state index is 0.00414. The second kappa shape index (κ2) is 6.10. The Morgan fingerprint density at radius 1 is 0.960 bits per heavy atom. The lowest BCUT2D eigenvalue weighted by molar-refractivity contribution is 0.572. The predicted molar refractivity (Wildman–Crippen MR) is 101 cm³/mol. The molecule has 0 saturated heterocycles. The molecule has 3 nitrogen and oxygen atoms in total. The van der Waals surface area contributed by atoms with Crippen LogP contribution in [0.3, 0.4) is 0 Å². The summed E-state index contributed by atoms with van der Waals surface area (Å²) in [6.07, 6.45) is 1.64. The molecule has 0 amide bonds. The van der Waals surface area contributed by atoms with Crippen molar-refractivity contribution in [3.63, 3.8) is 0 Å². The molecule has 0 spiro atoms. The van der Waals surface area contributed by atoms with Gasteiger partial charge in [0.05, 0.1) is 18.5 Å². The Morgan fingerprint density at radius 3 is 2.56 bits per heavy atom. The highest BCUT2D eigenvalue weighted by Crippen LogP contribution is 2.24. The monoisotopic (exact) mass is 329 g/mol. The van der Waals surface area contributed by atoms with E-state index in [1.807, 2.05) is 42.5 Å². The van der Waals surface area contributed by atoms with Crippen molar-refractivity contribution in [3.8, 4) is 11.5 Å². The molecule has 0 saturated carbocycles. The molecule has 3 heteroatoms. The third-order valence-electron chi connectivity index (χ3n) is 4.62. The van der Waals surface area contributed by atoms with E-state index in [2.05, 4.69) is 32.0 Å². The number of aromatic nitrogens is 1. The third kappa shape index (κ3) is 2.78. The number of nitrogens with zero attached hydrogens (tertiary/aromatic N) is 1. The first-order valence-corrected chi connectivity index (χ1v) is 8.36. The molecule has 2 aromatic heterocycles. The van der Waals surface area contributed by atoms with Gasteiger partial charge < -0.3 is 8.98 Å². The minimum Gasteiger partial charge on any atom is -0.463 e. The highest BCUT2D eigenvalue weighted by molar-refractivity contribution is 5.84. The van der Waals surface area contributed by atoms with Crippen LogP contribution in [-0.2, 0) is 6.54 Å². The average Bonchev–Trinajstić information content (AvgIpc) is 3.13. The van der Waals surface area contributed by atoms with E-state index in [0.29, 0.717) is 12.3 Å². The van der Waals surface area contributed by atoms with Crippen molar-refractivity contribution in [2.75, 3.05) is 0 Å². The van der Waals surface area contributed by atoms with Gasteiger partial charge in [0.1, 0.15) is 5.76 Å². The smallest absolute Gasteiger partial charge is 0.259 e. The van der Waals surface area contributed by atoms with E-state index in [4.69, 9.17) is 4.42 Å². The van der Waals surface area contributed by atoms with Crippen LogP contribution >= 0.6 is 0 Å². The summed E-state index contributed by atoms with van der Waals surface area (Å²) in [5, 5.41) is 1.65. The number of pyridine rings is 1. The molecule has 25 heavy (non-hydrogen) atoms. The van der Waals surface area contributed by atoms with E-state index < -0.39 is 0 Å². The highest BCUT2D eigenvalue weighted by Gasteiger charge is 2.14. The van der Waals surface area contributed by atoms with Crippen LogP contribution in [0.25, 0.3) is 22.2 Å². The number of aryl methyl sites for hydroxylation is 2. The molecule has 0 N–H and O–H groups in total. The van der Waals surface area contributed by atoms with Crippen molar-refractivity contribution in [2.24, 2.45) is 0 Å². The van der Waals surface area contributed by atoms with Gasteiger partial charge in [-0.1, -0.05) is 42.0 Å². The van der Waals surface area contributed by atoms with Crippen molar-refractivity contribution in [2.45, 2.75) is 20.4 Å². The molecule has 2 heterocycles. The van der Waals surface area contributed by atoms with Gasteiger partial charge >= 0.3 is 0 Å². The molecule has 0 unspecified atom stereocenters. The van der Waals surface area contributed by atoms with Crippen molar-refractivity contribution < 1.29 is 4.42 Å². The summed E-state index contributed by atoms with van der Waals surface area (Å²) < 4.78 is 7.40. The molecule has 0 radical (unpaired) electrons. The van der Waals surface area contributed by atoms with E-state index in [0.717, 1.165) is 22.0 Å². The van der Waals surface area contributed by atoms with Gasteiger partial charge in [-0.15, -0.1) is 0 Å². The van der Waals surface area contributed by atoms with Gasteiger partial charge in [-0.05, 0) is 54.6 Å². The topological polar surface area (TPSA) is 35.1 Å². The number of furan rings is 1. The average molecular weight is 329 g/mol. The molecule has 4 aromatic rings. The summed E-state index contributed by atoms with van der Waals surface area (Å²) in [6.45, 7) is 4.68. The van der Waals surface area contributed by atoms with Gasteiger partial charge in [-0.25, -0.2) is 0 Å². The van der Waals surface area contributed by atoms with Gasteiger partial charge in [0, 0.05) is 5.39 Å². The van der Waals surface area contributed by atoms with Crippen LogP contribution in [0.1, 0.15) is 16.7 Å². The van der Waals surface area contributed by atoms with E-state index >= 15 is 0 Å². The molecule has 0 aliphatic rings. The Hall–Kier alpha value is -3.07. The lowest BCUT2D eigenvalue weighted by Gasteiger charge is -2.15. The summed E-state index contributed by atoms with van der Waals surface area (Å²) in [5.74, 6) is 0.701. The van der Waals surface area contributed by atoms with Crippen LogP contribution < -0.4 is 5.56 Å². The van der Waals surface area contributed by atoms with Crippen LogP contribution in [0.5, 0.6) is 0 Å². The van der Waals surface area contributed by atoms with Gasteiger partial charge in [-0.3, -0.25) is 4.79 Å². The lowest BCUT2D eigenvalue weighted by Crippen LogP contribution is -2.23. The van der Waals surface area contributed by atoms with Crippen LogP contribution in [0.4, 0.5) is 0 Å². The largest absolute Gasteiger partial charge is 0.463 e. The normalized spacial score (nSPS) is 11.1. The zero-order chi connectivity index (χ0) is 17.4. The van der Waals surface area contributed by atoms with Crippen LogP contribution in [0, 0.1) is 13.8 Å². The second-order valence-corrected chi connectivity index (χ2v) is 6.42. The van der Waals surface area contributed by atoms with Crippen LogP contribution in [0.2, 0.25) is 0 Å². The van der Waals surface area contributed by atoms with Gasteiger partial charge in [0.15, 0.2) is 0 Å².